The maximum Gasteiger partial charge on any atom is 0.322 e. The van der Waals surface area contributed by atoms with Crippen LogP contribution in [0.25, 0.3) is 0 Å². The second-order valence-corrected chi connectivity index (χ2v) is 3.04. The molecule has 1 atom stereocenters. The first-order valence-corrected chi connectivity index (χ1v) is 4.14. The topological polar surface area (TPSA) is 79.3 Å². The van der Waals surface area contributed by atoms with E-state index in [1.807, 2.05) is 0 Å². The van der Waals surface area contributed by atoms with Crippen molar-refractivity contribution in [1.29, 1.82) is 0 Å². The summed E-state index contributed by atoms with van der Waals surface area (Å²) in [5.74, 6) is -2.83. The van der Waals surface area contributed by atoms with Crippen LogP contribution in [0.2, 0.25) is 0 Å². The van der Waals surface area contributed by atoms with Gasteiger partial charge in [0.25, 0.3) is 0 Å². The summed E-state index contributed by atoms with van der Waals surface area (Å²) in [6, 6.07) is 3.48. The second-order valence-electron chi connectivity index (χ2n) is 3.04. The zero-order valence-corrected chi connectivity index (χ0v) is 7.23. The Bertz CT molecular complexity index is 403. The first-order chi connectivity index (χ1) is 6.70. The highest BCUT2D eigenvalue weighted by Gasteiger charge is 2.34. The molecular weight excluding hydrogens is 184 g/mol. The number of rotatable bonds is 1. The molecule has 0 saturated heterocycles. The molecule has 0 saturated carbocycles. The predicted molar refractivity (Wildman–Crippen MR) is 46.5 cm³/mol. The Balaban J connectivity index is 2.51. The highest BCUT2D eigenvalue weighted by molar-refractivity contribution is 6.03. The van der Waals surface area contributed by atoms with Crippen LogP contribution in [0.1, 0.15) is 17.2 Å². The Labute approximate surface area is 79.8 Å². The molecular formula is C9H8N2O3. The van der Waals surface area contributed by atoms with Gasteiger partial charge in [-0.2, -0.15) is 0 Å². The van der Waals surface area contributed by atoms with Crippen LogP contribution < -0.4 is 5.32 Å². The highest BCUT2D eigenvalue weighted by atomic mass is 16.4. The Morgan fingerprint density at radius 2 is 2.43 bits per heavy atom. The van der Waals surface area contributed by atoms with Crippen molar-refractivity contribution in [2.75, 3.05) is 0 Å². The van der Waals surface area contributed by atoms with E-state index in [1.54, 1.807) is 12.1 Å². The lowest BCUT2D eigenvalue weighted by atomic mass is 9.96. The number of fused-ring (bicyclic) bond motifs is 1. The Hall–Kier alpha value is -1.91. The highest BCUT2D eigenvalue weighted by Crippen LogP contribution is 2.22. The lowest BCUT2D eigenvalue weighted by Gasteiger charge is -2.20. The molecule has 1 aliphatic rings. The van der Waals surface area contributed by atoms with E-state index in [4.69, 9.17) is 5.11 Å². The number of carbonyl (C=O) groups excluding carboxylic acids is 1. The minimum absolute atomic E-state index is 0.351. The summed E-state index contributed by atoms with van der Waals surface area (Å²) >= 11 is 0. The number of hydrogen-bond donors (Lipinski definition) is 2. The molecule has 14 heavy (non-hydrogen) atoms. The molecule has 0 bridgehead atoms. The number of carboxylic acids is 1. The number of pyridine rings is 1. The van der Waals surface area contributed by atoms with Crippen molar-refractivity contribution >= 4 is 11.9 Å². The van der Waals surface area contributed by atoms with Crippen LogP contribution in [0.4, 0.5) is 0 Å². The van der Waals surface area contributed by atoms with Gasteiger partial charge in [0, 0.05) is 12.7 Å². The van der Waals surface area contributed by atoms with Gasteiger partial charge in [-0.25, -0.2) is 0 Å². The number of nitrogens with one attached hydrogen (secondary N) is 1. The molecule has 0 aliphatic carbocycles. The smallest absolute Gasteiger partial charge is 0.322 e. The zero-order chi connectivity index (χ0) is 10.1. The Kier molecular flexibility index (Phi) is 1.92. The maximum absolute atomic E-state index is 11.3. The largest absolute Gasteiger partial charge is 0.480 e. The molecule has 5 heteroatoms. The molecule has 0 spiro atoms. The van der Waals surface area contributed by atoms with Crippen LogP contribution in [-0.2, 0) is 16.1 Å². The molecule has 5 nitrogen and oxygen atoms in total. The fourth-order valence-corrected chi connectivity index (χ4v) is 1.50. The number of nitrogens with zero attached hydrogens (tertiary/aromatic N) is 1. The third-order valence-corrected chi connectivity index (χ3v) is 2.16. The molecule has 2 rings (SSSR count). The summed E-state index contributed by atoms with van der Waals surface area (Å²) in [7, 11) is 0. The number of aliphatic carboxylic acids is 1. The fraction of sp³-hybridized carbons (Fsp3) is 0.222. The normalized spacial score (nSPS) is 19.7. The summed E-state index contributed by atoms with van der Waals surface area (Å²) in [4.78, 5) is 26.0. The van der Waals surface area contributed by atoms with Crippen molar-refractivity contribution in [2.45, 2.75) is 12.5 Å². The van der Waals surface area contributed by atoms with Crippen LogP contribution in [0.3, 0.4) is 0 Å². The van der Waals surface area contributed by atoms with Crippen LogP contribution >= 0.6 is 0 Å². The third kappa shape index (κ3) is 1.22. The monoisotopic (exact) mass is 192 g/mol. The summed E-state index contributed by atoms with van der Waals surface area (Å²) in [5, 5.41) is 11.4. The first-order valence-electron chi connectivity index (χ1n) is 4.14. The molecule has 0 aromatic carbocycles. The first kappa shape index (κ1) is 8.68. The number of carboxylic acid groups (broad SMARTS) is 1. The van der Waals surface area contributed by atoms with Gasteiger partial charge in [-0.15, -0.1) is 0 Å². The summed E-state index contributed by atoms with van der Waals surface area (Å²) < 4.78 is 0. The van der Waals surface area contributed by atoms with Gasteiger partial charge in [-0.05, 0) is 11.6 Å². The predicted octanol–water partition coefficient (Wildman–Crippen LogP) is -0.120. The summed E-state index contributed by atoms with van der Waals surface area (Å²) in [5.41, 5.74) is 1.11. The van der Waals surface area contributed by atoms with Gasteiger partial charge in [-0.1, -0.05) is 6.07 Å². The summed E-state index contributed by atoms with van der Waals surface area (Å²) in [6.07, 6.45) is 1.49. The molecule has 72 valence electrons. The summed E-state index contributed by atoms with van der Waals surface area (Å²) in [6.45, 7) is 0.353. The molecule has 1 amide bonds. The minimum Gasteiger partial charge on any atom is -0.480 e. The van der Waals surface area contributed by atoms with Crippen molar-refractivity contribution in [3.8, 4) is 0 Å². The van der Waals surface area contributed by atoms with Crippen LogP contribution in [-0.4, -0.2) is 22.0 Å². The van der Waals surface area contributed by atoms with Gasteiger partial charge in [0.05, 0.1) is 5.69 Å². The molecule has 2 heterocycles. The lowest BCUT2D eigenvalue weighted by Crippen LogP contribution is -2.39. The zero-order valence-electron chi connectivity index (χ0n) is 7.23. The molecule has 0 fully saturated rings. The molecule has 2 N–H and O–H groups in total. The van der Waals surface area contributed by atoms with Gasteiger partial charge in [0.1, 0.15) is 0 Å². The Morgan fingerprint density at radius 3 is 3.14 bits per heavy atom. The Morgan fingerprint density at radius 1 is 1.64 bits per heavy atom. The average molecular weight is 192 g/mol. The number of aromatic nitrogens is 1. The van der Waals surface area contributed by atoms with E-state index in [0.29, 0.717) is 12.2 Å². The standard InChI is InChI=1S/C9H8N2O3/c12-8-6(9(13)14)7-5(4-11-8)2-1-3-10-7/h1-3,6H,4H2,(H,11,12)(H,13,14). The van der Waals surface area contributed by atoms with Crippen molar-refractivity contribution in [3.05, 3.63) is 29.6 Å². The van der Waals surface area contributed by atoms with Crippen molar-refractivity contribution in [1.82, 2.24) is 10.3 Å². The van der Waals surface area contributed by atoms with E-state index in [0.717, 1.165) is 5.56 Å². The van der Waals surface area contributed by atoms with Crippen LogP contribution in [0.15, 0.2) is 18.3 Å². The van der Waals surface area contributed by atoms with E-state index in [-0.39, 0.29) is 0 Å². The van der Waals surface area contributed by atoms with Gasteiger partial charge < -0.3 is 10.4 Å². The lowest BCUT2D eigenvalue weighted by molar-refractivity contribution is -0.143. The molecule has 1 aliphatic heterocycles. The average Bonchev–Trinajstić information content (AvgIpc) is 2.17. The van der Waals surface area contributed by atoms with E-state index < -0.39 is 17.8 Å². The molecule has 1 aromatic heterocycles. The van der Waals surface area contributed by atoms with E-state index in [9.17, 15) is 9.59 Å². The number of carbonyl (C=O) groups is 2. The van der Waals surface area contributed by atoms with Crippen LogP contribution in [0, 0.1) is 0 Å². The van der Waals surface area contributed by atoms with Gasteiger partial charge >= 0.3 is 5.97 Å². The molecule has 1 unspecified atom stereocenters. The SMILES string of the molecule is O=C(O)C1C(=O)NCc2cccnc21. The van der Waals surface area contributed by atoms with Crippen LogP contribution in [0.5, 0.6) is 0 Å². The molecule has 0 radical (unpaired) electrons. The third-order valence-electron chi connectivity index (χ3n) is 2.16. The van der Waals surface area contributed by atoms with E-state index in [1.165, 1.54) is 6.20 Å². The minimum atomic E-state index is -1.17. The van der Waals surface area contributed by atoms with Crippen molar-refractivity contribution in [2.24, 2.45) is 0 Å². The van der Waals surface area contributed by atoms with Gasteiger partial charge in [-0.3, -0.25) is 14.6 Å². The maximum atomic E-state index is 11.3. The quantitative estimate of drug-likeness (QED) is 0.608. The van der Waals surface area contributed by atoms with E-state index in [2.05, 4.69) is 10.3 Å². The molecule has 1 aromatic rings. The fourth-order valence-electron chi connectivity index (χ4n) is 1.50. The second kappa shape index (κ2) is 3.10. The van der Waals surface area contributed by atoms with Crippen molar-refractivity contribution in [3.63, 3.8) is 0 Å². The van der Waals surface area contributed by atoms with Crippen molar-refractivity contribution < 1.29 is 14.7 Å². The van der Waals surface area contributed by atoms with E-state index >= 15 is 0 Å². The van der Waals surface area contributed by atoms with Gasteiger partial charge in [0.2, 0.25) is 5.91 Å². The number of hydrogen-bond acceptors (Lipinski definition) is 3. The number of amides is 1. The van der Waals surface area contributed by atoms with Gasteiger partial charge in [0.15, 0.2) is 5.92 Å².